The molecule has 21 heavy (non-hydrogen) atoms. The zero-order valence-electron chi connectivity index (χ0n) is 14.4. The Morgan fingerprint density at radius 1 is 1.24 bits per heavy atom. The number of urea groups is 1. The number of carbonyl (C=O) groups is 1. The maximum absolute atomic E-state index is 11.7. The van der Waals surface area contributed by atoms with Crippen molar-refractivity contribution >= 4 is 14.3 Å². The lowest BCUT2D eigenvalue weighted by Gasteiger charge is -2.33. The first-order chi connectivity index (χ1) is 10.0. The van der Waals surface area contributed by atoms with Gasteiger partial charge in [0.05, 0.1) is 0 Å². The highest BCUT2D eigenvalue weighted by Gasteiger charge is 2.34. The van der Waals surface area contributed by atoms with E-state index in [9.17, 15) is 4.79 Å². The summed E-state index contributed by atoms with van der Waals surface area (Å²) in [7, 11) is -1.66. The van der Waals surface area contributed by atoms with E-state index in [1.165, 1.54) is 25.7 Å². The number of amides is 2. The standard InChI is InChI=1S/C16H34N2O2Si/c1-5-7-8-9-15(21(3,4)20-14-6-2)10-12-18-13-11-17-16(18)19/h15H,5-14H2,1-4H3,(H,17,19). The van der Waals surface area contributed by atoms with E-state index in [1.807, 2.05) is 4.90 Å². The van der Waals surface area contributed by atoms with Crippen LogP contribution in [-0.2, 0) is 4.43 Å². The van der Waals surface area contributed by atoms with Crippen molar-refractivity contribution in [1.29, 1.82) is 0 Å². The molecule has 1 saturated heterocycles. The summed E-state index contributed by atoms with van der Waals surface area (Å²) in [5.74, 6) is 0. The molecule has 0 radical (unpaired) electrons. The first-order valence-corrected chi connectivity index (χ1v) is 11.7. The number of unbranched alkanes of at least 4 members (excludes halogenated alkanes) is 2. The van der Waals surface area contributed by atoms with E-state index < -0.39 is 8.32 Å². The number of nitrogens with zero attached hydrogens (tertiary/aromatic N) is 1. The number of hydrogen-bond acceptors (Lipinski definition) is 2. The van der Waals surface area contributed by atoms with Gasteiger partial charge in [-0.2, -0.15) is 0 Å². The minimum atomic E-state index is -1.66. The molecule has 1 atom stereocenters. The van der Waals surface area contributed by atoms with Gasteiger partial charge in [0.2, 0.25) is 0 Å². The number of rotatable bonds is 11. The molecule has 0 saturated carbocycles. The molecule has 0 aromatic heterocycles. The van der Waals surface area contributed by atoms with Crippen LogP contribution in [0.25, 0.3) is 0 Å². The SMILES string of the molecule is CCCCCC(CCN1CCNC1=O)[Si](C)(C)OCCC. The highest BCUT2D eigenvalue weighted by Crippen LogP contribution is 2.32. The third kappa shape index (κ3) is 6.39. The molecule has 1 N–H and O–H groups in total. The predicted molar refractivity (Wildman–Crippen MR) is 91.2 cm³/mol. The summed E-state index contributed by atoms with van der Waals surface area (Å²) in [5, 5.41) is 2.89. The summed E-state index contributed by atoms with van der Waals surface area (Å²) in [4.78, 5) is 13.6. The van der Waals surface area contributed by atoms with Crippen molar-refractivity contribution in [2.75, 3.05) is 26.2 Å². The van der Waals surface area contributed by atoms with Crippen LogP contribution in [0.2, 0.25) is 18.6 Å². The van der Waals surface area contributed by atoms with E-state index in [4.69, 9.17) is 4.43 Å². The highest BCUT2D eigenvalue weighted by atomic mass is 28.4. The molecule has 0 aliphatic carbocycles. The fourth-order valence-electron chi connectivity index (χ4n) is 3.00. The molecule has 124 valence electrons. The van der Waals surface area contributed by atoms with Crippen LogP contribution in [0.4, 0.5) is 4.79 Å². The van der Waals surface area contributed by atoms with Gasteiger partial charge in [0.15, 0.2) is 8.32 Å². The smallest absolute Gasteiger partial charge is 0.317 e. The molecule has 0 bridgehead atoms. The molecule has 0 aromatic rings. The van der Waals surface area contributed by atoms with Crippen LogP contribution < -0.4 is 5.32 Å². The van der Waals surface area contributed by atoms with Gasteiger partial charge in [-0.25, -0.2) is 4.79 Å². The normalized spacial score (nSPS) is 17.1. The van der Waals surface area contributed by atoms with Crippen LogP contribution in [0.15, 0.2) is 0 Å². The maximum atomic E-state index is 11.7. The summed E-state index contributed by atoms with van der Waals surface area (Å²) >= 11 is 0. The van der Waals surface area contributed by atoms with E-state index in [0.29, 0.717) is 5.54 Å². The first-order valence-electron chi connectivity index (χ1n) is 8.68. The minimum Gasteiger partial charge on any atom is -0.417 e. The second-order valence-corrected chi connectivity index (χ2v) is 11.0. The van der Waals surface area contributed by atoms with Crippen molar-refractivity contribution in [3.05, 3.63) is 0 Å². The van der Waals surface area contributed by atoms with Crippen molar-refractivity contribution in [2.24, 2.45) is 0 Å². The van der Waals surface area contributed by atoms with Crippen molar-refractivity contribution in [1.82, 2.24) is 10.2 Å². The van der Waals surface area contributed by atoms with E-state index in [2.05, 4.69) is 32.3 Å². The Labute approximate surface area is 131 Å². The fourth-order valence-corrected chi connectivity index (χ4v) is 5.69. The lowest BCUT2D eigenvalue weighted by Crippen LogP contribution is -2.39. The summed E-state index contributed by atoms with van der Waals surface area (Å²) in [6, 6.07) is 0.108. The van der Waals surface area contributed by atoms with Gasteiger partial charge in [0, 0.05) is 26.2 Å². The largest absolute Gasteiger partial charge is 0.417 e. The van der Waals surface area contributed by atoms with E-state index in [1.54, 1.807) is 0 Å². The van der Waals surface area contributed by atoms with Gasteiger partial charge in [0.1, 0.15) is 0 Å². The van der Waals surface area contributed by atoms with Gasteiger partial charge in [-0.05, 0) is 31.5 Å². The van der Waals surface area contributed by atoms with Crippen LogP contribution in [0.5, 0.6) is 0 Å². The molecule has 2 amide bonds. The Morgan fingerprint density at radius 2 is 2.00 bits per heavy atom. The van der Waals surface area contributed by atoms with Gasteiger partial charge >= 0.3 is 6.03 Å². The Kier molecular flexibility index (Phi) is 8.33. The maximum Gasteiger partial charge on any atom is 0.317 e. The lowest BCUT2D eigenvalue weighted by atomic mass is 10.1. The van der Waals surface area contributed by atoms with Crippen LogP contribution in [0.3, 0.4) is 0 Å². The first kappa shape index (κ1) is 18.5. The van der Waals surface area contributed by atoms with Gasteiger partial charge in [-0.15, -0.1) is 0 Å². The Balaban J connectivity index is 2.51. The molecular weight excluding hydrogens is 280 g/mol. The summed E-state index contributed by atoms with van der Waals surface area (Å²) in [6.07, 6.45) is 7.30. The van der Waals surface area contributed by atoms with E-state index in [0.717, 1.165) is 39.1 Å². The van der Waals surface area contributed by atoms with Gasteiger partial charge < -0.3 is 14.6 Å². The Morgan fingerprint density at radius 3 is 2.57 bits per heavy atom. The summed E-state index contributed by atoms with van der Waals surface area (Å²) < 4.78 is 6.23. The van der Waals surface area contributed by atoms with E-state index in [-0.39, 0.29) is 6.03 Å². The van der Waals surface area contributed by atoms with Crippen LogP contribution in [-0.4, -0.2) is 45.5 Å². The molecule has 1 fully saturated rings. The average molecular weight is 315 g/mol. The Bertz CT molecular complexity index is 311. The monoisotopic (exact) mass is 314 g/mol. The van der Waals surface area contributed by atoms with Gasteiger partial charge in [0.25, 0.3) is 0 Å². The third-order valence-electron chi connectivity index (χ3n) is 4.51. The van der Waals surface area contributed by atoms with Crippen LogP contribution in [0.1, 0.15) is 52.4 Å². The minimum absolute atomic E-state index is 0.108. The zero-order chi connectivity index (χ0) is 15.7. The third-order valence-corrected chi connectivity index (χ3v) is 8.00. The second-order valence-electron chi connectivity index (χ2n) is 6.65. The Hall–Kier alpha value is -0.553. The molecule has 5 heteroatoms. The predicted octanol–water partition coefficient (Wildman–Crippen LogP) is 3.98. The number of nitrogens with one attached hydrogen (secondary N) is 1. The molecule has 4 nitrogen and oxygen atoms in total. The highest BCUT2D eigenvalue weighted by molar-refractivity contribution is 6.72. The zero-order valence-corrected chi connectivity index (χ0v) is 15.4. The lowest BCUT2D eigenvalue weighted by molar-refractivity contribution is 0.215. The molecule has 0 spiro atoms. The molecule has 1 rings (SSSR count). The van der Waals surface area contributed by atoms with Crippen molar-refractivity contribution < 1.29 is 9.22 Å². The number of hydrogen-bond donors (Lipinski definition) is 1. The molecular formula is C16H34N2O2Si. The van der Waals surface area contributed by atoms with E-state index >= 15 is 0 Å². The van der Waals surface area contributed by atoms with Crippen LogP contribution >= 0.6 is 0 Å². The molecule has 1 aliphatic heterocycles. The summed E-state index contributed by atoms with van der Waals surface area (Å²) in [6.45, 7) is 12.5. The topological polar surface area (TPSA) is 41.6 Å². The average Bonchev–Trinajstić information content (AvgIpc) is 2.85. The van der Waals surface area contributed by atoms with Gasteiger partial charge in [-0.1, -0.05) is 39.5 Å². The fraction of sp³-hybridized carbons (Fsp3) is 0.938. The van der Waals surface area contributed by atoms with Crippen molar-refractivity contribution in [3.8, 4) is 0 Å². The second kappa shape index (κ2) is 9.46. The number of carbonyl (C=O) groups excluding carboxylic acids is 1. The van der Waals surface area contributed by atoms with Crippen molar-refractivity contribution in [2.45, 2.75) is 71.0 Å². The molecule has 1 aliphatic rings. The molecule has 1 unspecified atom stereocenters. The van der Waals surface area contributed by atoms with Crippen LogP contribution in [0, 0.1) is 0 Å². The quantitative estimate of drug-likeness (QED) is 0.463. The van der Waals surface area contributed by atoms with Gasteiger partial charge in [-0.3, -0.25) is 0 Å². The summed E-state index contributed by atoms with van der Waals surface area (Å²) in [5.41, 5.74) is 0.656. The van der Waals surface area contributed by atoms with Crippen molar-refractivity contribution in [3.63, 3.8) is 0 Å². The molecule has 0 aromatic carbocycles. The molecule has 1 heterocycles.